The highest BCUT2D eigenvalue weighted by Crippen LogP contribution is 2.19. The predicted octanol–water partition coefficient (Wildman–Crippen LogP) is 2.41. The summed E-state index contributed by atoms with van der Waals surface area (Å²) in [5, 5.41) is 4.56. The number of hydrogen-bond acceptors (Lipinski definition) is 3. The number of rotatable bonds is 5. The van der Waals surface area contributed by atoms with Gasteiger partial charge < -0.3 is 5.73 Å². The Morgan fingerprint density at radius 2 is 2.16 bits per heavy atom. The van der Waals surface area contributed by atoms with Crippen LogP contribution in [0.4, 0.5) is 0 Å². The largest absolute Gasteiger partial charge is 0.324 e. The van der Waals surface area contributed by atoms with Gasteiger partial charge in [0.1, 0.15) is 0 Å². The third-order valence-corrected chi connectivity index (χ3v) is 3.48. The monoisotopic (exact) mass is 258 g/mol. The molecular weight excluding hydrogens is 236 g/mol. The van der Waals surface area contributed by atoms with Gasteiger partial charge in [-0.15, -0.1) is 0 Å². The standard InChI is InChI=1S/C15H22N4/c1-4-12-8-13(19(5-2)18-12)9-15(16)14-10-17-7-6-11(14)3/h6-8,10,15H,4-5,9,16H2,1-3H3. The molecule has 0 aliphatic carbocycles. The van der Waals surface area contributed by atoms with Crippen LogP contribution in [-0.4, -0.2) is 14.8 Å². The van der Waals surface area contributed by atoms with Gasteiger partial charge in [0, 0.05) is 37.1 Å². The first kappa shape index (κ1) is 13.7. The van der Waals surface area contributed by atoms with Crippen molar-refractivity contribution in [1.29, 1.82) is 0 Å². The lowest BCUT2D eigenvalue weighted by molar-refractivity contribution is 0.584. The molecule has 0 spiro atoms. The maximum atomic E-state index is 6.32. The molecule has 0 aromatic carbocycles. The molecule has 0 aliphatic heterocycles. The summed E-state index contributed by atoms with van der Waals surface area (Å²) in [5.41, 5.74) is 11.0. The highest BCUT2D eigenvalue weighted by Gasteiger charge is 2.13. The van der Waals surface area contributed by atoms with Crippen LogP contribution in [0, 0.1) is 6.92 Å². The third kappa shape index (κ3) is 3.01. The molecule has 4 heteroatoms. The molecule has 0 fully saturated rings. The lowest BCUT2D eigenvalue weighted by atomic mass is 10.0. The van der Waals surface area contributed by atoms with Gasteiger partial charge in [0.2, 0.25) is 0 Å². The Hall–Kier alpha value is -1.68. The lowest BCUT2D eigenvalue weighted by Gasteiger charge is -2.14. The number of aryl methyl sites for hydroxylation is 3. The minimum Gasteiger partial charge on any atom is -0.324 e. The van der Waals surface area contributed by atoms with E-state index in [-0.39, 0.29) is 6.04 Å². The average Bonchev–Trinajstić information content (AvgIpc) is 2.81. The quantitative estimate of drug-likeness (QED) is 0.896. The molecular formula is C15H22N4. The fourth-order valence-electron chi connectivity index (χ4n) is 2.33. The minimum atomic E-state index is -0.0274. The Labute approximate surface area is 114 Å². The fourth-order valence-corrected chi connectivity index (χ4v) is 2.33. The molecule has 0 radical (unpaired) electrons. The molecule has 0 aliphatic rings. The van der Waals surface area contributed by atoms with Crippen molar-refractivity contribution in [2.45, 2.75) is 46.2 Å². The topological polar surface area (TPSA) is 56.7 Å². The SMILES string of the molecule is CCc1cc(CC(N)c2cnccc2C)n(CC)n1. The summed E-state index contributed by atoms with van der Waals surface area (Å²) in [6.07, 6.45) is 5.43. The van der Waals surface area contributed by atoms with Gasteiger partial charge in [0.25, 0.3) is 0 Å². The van der Waals surface area contributed by atoms with Crippen molar-refractivity contribution in [2.75, 3.05) is 0 Å². The van der Waals surface area contributed by atoms with Gasteiger partial charge in [0.05, 0.1) is 5.69 Å². The van der Waals surface area contributed by atoms with Crippen LogP contribution in [0.1, 0.15) is 42.4 Å². The van der Waals surface area contributed by atoms with Crippen LogP contribution in [0.25, 0.3) is 0 Å². The Morgan fingerprint density at radius 1 is 1.37 bits per heavy atom. The molecule has 0 amide bonds. The summed E-state index contributed by atoms with van der Waals surface area (Å²) in [7, 11) is 0. The molecule has 1 unspecified atom stereocenters. The molecule has 2 rings (SSSR count). The number of aromatic nitrogens is 3. The van der Waals surface area contributed by atoms with Crippen LogP contribution in [0.2, 0.25) is 0 Å². The van der Waals surface area contributed by atoms with Gasteiger partial charge in [0.15, 0.2) is 0 Å². The molecule has 2 N–H and O–H groups in total. The molecule has 19 heavy (non-hydrogen) atoms. The van der Waals surface area contributed by atoms with E-state index in [1.54, 1.807) is 6.20 Å². The van der Waals surface area contributed by atoms with Gasteiger partial charge in [-0.2, -0.15) is 5.10 Å². The number of hydrogen-bond donors (Lipinski definition) is 1. The summed E-state index contributed by atoms with van der Waals surface area (Å²) < 4.78 is 2.05. The van der Waals surface area contributed by atoms with Crippen molar-refractivity contribution in [3.63, 3.8) is 0 Å². The van der Waals surface area contributed by atoms with Crippen LogP contribution in [-0.2, 0) is 19.4 Å². The smallest absolute Gasteiger partial charge is 0.0624 e. The summed E-state index contributed by atoms with van der Waals surface area (Å²) in [4.78, 5) is 4.17. The molecule has 0 bridgehead atoms. The van der Waals surface area contributed by atoms with E-state index in [1.807, 2.05) is 16.9 Å². The predicted molar refractivity (Wildman–Crippen MR) is 76.9 cm³/mol. The van der Waals surface area contributed by atoms with E-state index in [1.165, 1.54) is 11.3 Å². The van der Waals surface area contributed by atoms with Crippen LogP contribution in [0.3, 0.4) is 0 Å². The van der Waals surface area contributed by atoms with E-state index in [0.29, 0.717) is 0 Å². The molecule has 1 atom stereocenters. The van der Waals surface area contributed by atoms with Crippen molar-refractivity contribution in [1.82, 2.24) is 14.8 Å². The third-order valence-electron chi connectivity index (χ3n) is 3.48. The molecule has 4 nitrogen and oxygen atoms in total. The Bertz CT molecular complexity index is 545. The van der Waals surface area contributed by atoms with Crippen molar-refractivity contribution in [3.05, 3.63) is 47.0 Å². The molecule has 0 saturated carbocycles. The van der Waals surface area contributed by atoms with E-state index < -0.39 is 0 Å². The van der Waals surface area contributed by atoms with Crippen LogP contribution in [0.5, 0.6) is 0 Å². The van der Waals surface area contributed by atoms with Gasteiger partial charge in [-0.25, -0.2) is 0 Å². The Kier molecular flexibility index (Phi) is 4.32. The highest BCUT2D eigenvalue weighted by molar-refractivity contribution is 5.26. The second kappa shape index (κ2) is 5.97. The zero-order valence-corrected chi connectivity index (χ0v) is 11.9. The summed E-state index contributed by atoms with van der Waals surface area (Å²) >= 11 is 0. The maximum Gasteiger partial charge on any atom is 0.0624 e. The normalized spacial score (nSPS) is 12.6. The zero-order valence-electron chi connectivity index (χ0n) is 11.9. The van der Waals surface area contributed by atoms with Crippen LogP contribution < -0.4 is 5.73 Å². The van der Waals surface area contributed by atoms with E-state index in [9.17, 15) is 0 Å². The molecule has 2 aromatic rings. The van der Waals surface area contributed by atoms with Gasteiger partial charge in [-0.3, -0.25) is 9.67 Å². The van der Waals surface area contributed by atoms with E-state index in [2.05, 4.69) is 36.9 Å². The van der Waals surface area contributed by atoms with E-state index >= 15 is 0 Å². The van der Waals surface area contributed by atoms with Crippen LogP contribution in [0.15, 0.2) is 24.5 Å². The van der Waals surface area contributed by atoms with E-state index in [0.717, 1.165) is 30.6 Å². The second-order valence-corrected chi connectivity index (χ2v) is 4.84. The number of nitrogens with zero attached hydrogens (tertiary/aromatic N) is 3. The second-order valence-electron chi connectivity index (χ2n) is 4.84. The first-order chi connectivity index (χ1) is 9.15. The molecule has 0 saturated heterocycles. The first-order valence-electron chi connectivity index (χ1n) is 6.87. The molecule has 2 heterocycles. The zero-order chi connectivity index (χ0) is 13.8. The number of pyridine rings is 1. The Morgan fingerprint density at radius 3 is 2.79 bits per heavy atom. The molecule has 2 aromatic heterocycles. The van der Waals surface area contributed by atoms with Crippen molar-refractivity contribution < 1.29 is 0 Å². The van der Waals surface area contributed by atoms with Crippen molar-refractivity contribution >= 4 is 0 Å². The highest BCUT2D eigenvalue weighted by atomic mass is 15.3. The summed E-state index contributed by atoms with van der Waals surface area (Å²) in [5.74, 6) is 0. The lowest BCUT2D eigenvalue weighted by Crippen LogP contribution is -2.17. The van der Waals surface area contributed by atoms with Crippen LogP contribution >= 0.6 is 0 Å². The molecule has 102 valence electrons. The average molecular weight is 258 g/mol. The van der Waals surface area contributed by atoms with Crippen molar-refractivity contribution in [3.8, 4) is 0 Å². The first-order valence-corrected chi connectivity index (χ1v) is 6.87. The Balaban J connectivity index is 2.21. The van der Waals surface area contributed by atoms with Crippen molar-refractivity contribution in [2.24, 2.45) is 5.73 Å². The fraction of sp³-hybridized carbons (Fsp3) is 0.467. The summed E-state index contributed by atoms with van der Waals surface area (Å²) in [6.45, 7) is 7.19. The number of nitrogens with two attached hydrogens (primary N) is 1. The minimum absolute atomic E-state index is 0.0274. The van der Waals surface area contributed by atoms with Gasteiger partial charge >= 0.3 is 0 Å². The maximum absolute atomic E-state index is 6.32. The van der Waals surface area contributed by atoms with Gasteiger partial charge in [-0.05, 0) is 43.5 Å². The summed E-state index contributed by atoms with van der Waals surface area (Å²) in [6, 6.07) is 4.14. The van der Waals surface area contributed by atoms with Gasteiger partial charge in [-0.1, -0.05) is 6.92 Å². The van der Waals surface area contributed by atoms with E-state index in [4.69, 9.17) is 5.73 Å².